The molecule has 5 nitrogen and oxygen atoms in total. The maximum Gasteiger partial charge on any atom is 0.242 e. The molecule has 10 heteroatoms. The van der Waals surface area contributed by atoms with Gasteiger partial charge in [-0.05, 0) is 32.4 Å². The summed E-state index contributed by atoms with van der Waals surface area (Å²) >= 11 is 23.7. The lowest BCUT2D eigenvalue weighted by atomic mass is 10.4. The van der Waals surface area contributed by atoms with Crippen LogP contribution < -0.4 is 4.72 Å². The zero-order chi connectivity index (χ0) is 18.1. The van der Waals surface area contributed by atoms with Crippen LogP contribution in [0.1, 0.15) is 17.8 Å². The van der Waals surface area contributed by atoms with Gasteiger partial charge in [0, 0.05) is 13.1 Å². The highest BCUT2D eigenvalue weighted by atomic mass is 35.5. The molecule has 0 saturated carbocycles. The Kier molecular flexibility index (Phi) is 6.45. The van der Waals surface area contributed by atoms with Crippen molar-refractivity contribution >= 4 is 56.4 Å². The SMILES string of the molecule is Cc1nn(CCCNS(=O)(=O)c2cc(Cl)c(Cl)cc2Cl)c(C)c1Cl. The molecule has 0 bridgehead atoms. The van der Waals surface area contributed by atoms with Gasteiger partial charge < -0.3 is 0 Å². The van der Waals surface area contributed by atoms with Gasteiger partial charge in [-0.25, -0.2) is 13.1 Å². The van der Waals surface area contributed by atoms with Crippen LogP contribution in [0.25, 0.3) is 0 Å². The van der Waals surface area contributed by atoms with Crippen LogP contribution >= 0.6 is 46.4 Å². The van der Waals surface area contributed by atoms with E-state index in [1.165, 1.54) is 12.1 Å². The first kappa shape index (κ1) is 19.8. The third-order valence-electron chi connectivity index (χ3n) is 3.40. The summed E-state index contributed by atoms with van der Waals surface area (Å²) in [6.45, 7) is 4.44. The predicted octanol–water partition coefficient (Wildman–Crippen LogP) is 4.48. The summed E-state index contributed by atoms with van der Waals surface area (Å²) in [4.78, 5) is -0.104. The molecule has 0 radical (unpaired) electrons. The summed E-state index contributed by atoms with van der Waals surface area (Å²) in [5, 5.41) is 5.25. The zero-order valence-electron chi connectivity index (χ0n) is 12.9. The van der Waals surface area contributed by atoms with Crippen LogP contribution in [0.15, 0.2) is 17.0 Å². The lowest BCUT2D eigenvalue weighted by Gasteiger charge is -2.10. The fraction of sp³-hybridized carbons (Fsp3) is 0.357. The van der Waals surface area contributed by atoms with Gasteiger partial charge in [0.25, 0.3) is 0 Å². The van der Waals surface area contributed by atoms with Gasteiger partial charge in [0.15, 0.2) is 0 Å². The smallest absolute Gasteiger partial charge is 0.242 e. The van der Waals surface area contributed by atoms with E-state index in [1.807, 2.05) is 13.8 Å². The quantitative estimate of drug-likeness (QED) is 0.542. The highest BCUT2D eigenvalue weighted by Crippen LogP contribution is 2.31. The predicted molar refractivity (Wildman–Crippen MR) is 98.0 cm³/mol. The van der Waals surface area contributed by atoms with Crippen LogP contribution in [0, 0.1) is 13.8 Å². The number of halogens is 4. The molecule has 0 amide bonds. The number of hydrogen-bond acceptors (Lipinski definition) is 3. The van der Waals surface area contributed by atoms with Gasteiger partial charge in [0.2, 0.25) is 10.0 Å². The Bertz CT molecular complexity index is 865. The maximum atomic E-state index is 12.3. The normalized spacial score (nSPS) is 11.9. The summed E-state index contributed by atoms with van der Waals surface area (Å²) in [7, 11) is -3.78. The highest BCUT2D eigenvalue weighted by molar-refractivity contribution is 7.89. The Morgan fingerprint density at radius 2 is 1.71 bits per heavy atom. The molecule has 0 saturated heterocycles. The van der Waals surface area contributed by atoms with Gasteiger partial charge in [-0.15, -0.1) is 0 Å². The molecular weight excluding hydrogens is 416 g/mol. The molecule has 0 aliphatic carbocycles. The van der Waals surface area contributed by atoms with E-state index >= 15 is 0 Å². The molecule has 0 fully saturated rings. The first-order valence-electron chi connectivity index (χ1n) is 6.97. The van der Waals surface area contributed by atoms with E-state index in [9.17, 15) is 8.42 Å². The van der Waals surface area contributed by atoms with Gasteiger partial charge in [-0.1, -0.05) is 46.4 Å². The fourth-order valence-electron chi connectivity index (χ4n) is 2.12. The number of rotatable bonds is 6. The van der Waals surface area contributed by atoms with Crippen LogP contribution in [0.2, 0.25) is 20.1 Å². The Morgan fingerprint density at radius 1 is 1.08 bits per heavy atom. The molecule has 1 N–H and O–H groups in total. The number of aryl methyl sites for hydroxylation is 2. The molecule has 132 valence electrons. The van der Waals surface area contributed by atoms with Crippen molar-refractivity contribution in [2.45, 2.75) is 31.7 Å². The third kappa shape index (κ3) is 4.36. The molecule has 0 aliphatic rings. The van der Waals surface area contributed by atoms with Gasteiger partial charge in [-0.2, -0.15) is 5.10 Å². The number of hydrogen-bond donors (Lipinski definition) is 1. The minimum atomic E-state index is -3.78. The summed E-state index contributed by atoms with van der Waals surface area (Å²) in [5.74, 6) is 0. The maximum absolute atomic E-state index is 12.3. The first-order valence-corrected chi connectivity index (χ1v) is 9.96. The second-order valence-corrected chi connectivity index (χ2v) is 8.49. The summed E-state index contributed by atoms with van der Waals surface area (Å²) in [6.07, 6.45) is 0.538. The molecule has 2 rings (SSSR count). The van der Waals surface area contributed by atoms with E-state index in [0.717, 1.165) is 11.4 Å². The van der Waals surface area contributed by atoms with Crippen LogP contribution in [0.3, 0.4) is 0 Å². The summed E-state index contributed by atoms with van der Waals surface area (Å²) < 4.78 is 28.9. The van der Waals surface area contributed by atoms with Crippen molar-refractivity contribution in [3.8, 4) is 0 Å². The van der Waals surface area contributed by atoms with Crippen molar-refractivity contribution < 1.29 is 8.42 Å². The van der Waals surface area contributed by atoms with Crippen LogP contribution in [0.4, 0.5) is 0 Å². The van der Waals surface area contributed by atoms with E-state index in [-0.39, 0.29) is 26.5 Å². The Morgan fingerprint density at radius 3 is 2.29 bits per heavy atom. The summed E-state index contributed by atoms with van der Waals surface area (Å²) in [5.41, 5.74) is 1.60. The minimum Gasteiger partial charge on any atom is -0.268 e. The number of sulfonamides is 1. The third-order valence-corrected chi connectivity index (χ3v) is 6.59. The van der Waals surface area contributed by atoms with E-state index < -0.39 is 10.0 Å². The number of nitrogens with zero attached hydrogens (tertiary/aromatic N) is 2. The lowest BCUT2D eigenvalue weighted by molar-refractivity contribution is 0.544. The molecule has 1 heterocycles. The topological polar surface area (TPSA) is 64.0 Å². The van der Waals surface area contributed by atoms with Gasteiger partial charge >= 0.3 is 0 Å². The standard InChI is InChI=1S/C14H15Cl4N3O2S/c1-8-14(18)9(2)21(20-8)5-3-4-19-24(22,23)13-7-11(16)10(15)6-12(13)17/h6-7,19H,3-5H2,1-2H3. The zero-order valence-corrected chi connectivity index (χ0v) is 16.7. The summed E-state index contributed by atoms with van der Waals surface area (Å²) in [6, 6.07) is 2.53. The molecular formula is C14H15Cl4N3O2S. The highest BCUT2D eigenvalue weighted by Gasteiger charge is 2.19. The van der Waals surface area contributed by atoms with E-state index in [4.69, 9.17) is 46.4 Å². The fourth-order valence-corrected chi connectivity index (χ4v) is 4.32. The Hall–Kier alpha value is -0.500. The van der Waals surface area contributed by atoms with Gasteiger partial charge in [0.05, 0.1) is 31.5 Å². The first-order chi connectivity index (χ1) is 11.1. The van der Waals surface area contributed by atoms with Gasteiger partial charge in [-0.3, -0.25) is 4.68 Å². The number of nitrogens with one attached hydrogen (secondary N) is 1. The van der Waals surface area contributed by atoms with Crippen LogP contribution in [-0.2, 0) is 16.6 Å². The van der Waals surface area contributed by atoms with Crippen molar-refractivity contribution in [3.63, 3.8) is 0 Å². The molecule has 1 aromatic heterocycles. The van der Waals surface area contributed by atoms with E-state index in [2.05, 4.69) is 9.82 Å². The molecule has 0 aliphatic heterocycles. The average Bonchev–Trinajstić information content (AvgIpc) is 2.74. The minimum absolute atomic E-state index is 0.0160. The van der Waals surface area contributed by atoms with Crippen molar-refractivity contribution in [2.75, 3.05) is 6.54 Å². The molecule has 0 unspecified atom stereocenters. The van der Waals surface area contributed by atoms with Crippen molar-refractivity contribution in [1.29, 1.82) is 0 Å². The average molecular weight is 431 g/mol. The molecule has 0 spiro atoms. The van der Waals surface area contributed by atoms with Crippen molar-refractivity contribution in [1.82, 2.24) is 14.5 Å². The molecule has 1 aromatic carbocycles. The van der Waals surface area contributed by atoms with E-state index in [0.29, 0.717) is 18.0 Å². The van der Waals surface area contributed by atoms with Gasteiger partial charge in [0.1, 0.15) is 4.90 Å². The second kappa shape index (κ2) is 7.81. The largest absolute Gasteiger partial charge is 0.268 e. The van der Waals surface area contributed by atoms with E-state index in [1.54, 1.807) is 4.68 Å². The molecule has 24 heavy (non-hydrogen) atoms. The Balaban J connectivity index is 2.01. The number of aromatic nitrogens is 2. The molecule has 0 atom stereocenters. The van der Waals surface area contributed by atoms with Crippen molar-refractivity contribution in [3.05, 3.63) is 43.6 Å². The lowest BCUT2D eigenvalue weighted by Crippen LogP contribution is -2.26. The van der Waals surface area contributed by atoms with Crippen LogP contribution in [0.5, 0.6) is 0 Å². The number of benzene rings is 1. The molecule has 2 aromatic rings. The van der Waals surface area contributed by atoms with Crippen molar-refractivity contribution in [2.24, 2.45) is 0 Å². The second-order valence-electron chi connectivity index (χ2n) is 5.16. The van der Waals surface area contributed by atoms with Crippen LogP contribution in [-0.4, -0.2) is 24.7 Å². The monoisotopic (exact) mass is 429 g/mol. The Labute approximate surface area is 160 Å².